The molecule has 1 N–H and O–H groups in total. The number of carbonyl (C=O) groups is 1. The molecule has 0 saturated carbocycles. The van der Waals surface area contributed by atoms with Crippen molar-refractivity contribution >= 4 is 5.91 Å². The summed E-state index contributed by atoms with van der Waals surface area (Å²) in [7, 11) is 0. The fraction of sp³-hybridized carbons (Fsp3) is 0.235. The topological polar surface area (TPSA) is 81.2 Å². The zero-order valence-electron chi connectivity index (χ0n) is 13.2. The summed E-state index contributed by atoms with van der Waals surface area (Å²) in [6.45, 7) is 4.01. The third kappa shape index (κ3) is 3.34. The van der Waals surface area contributed by atoms with Crippen LogP contribution in [0.25, 0.3) is 11.3 Å². The van der Waals surface area contributed by atoms with E-state index in [4.69, 9.17) is 9.05 Å². The Hall–Kier alpha value is -2.96. The fourth-order valence-corrected chi connectivity index (χ4v) is 2.12. The molecule has 6 nitrogen and oxygen atoms in total. The van der Waals surface area contributed by atoms with Crippen LogP contribution in [0.1, 0.15) is 41.8 Å². The number of hydrogen-bond acceptors (Lipinski definition) is 5. The molecular formula is C17H16FN3O3. The lowest BCUT2D eigenvalue weighted by molar-refractivity contribution is 0.0938. The predicted molar refractivity (Wildman–Crippen MR) is 83.7 cm³/mol. The molecule has 0 bridgehead atoms. The molecule has 2 heterocycles. The first-order chi connectivity index (χ1) is 11.5. The van der Waals surface area contributed by atoms with Gasteiger partial charge in [0.1, 0.15) is 17.3 Å². The van der Waals surface area contributed by atoms with Crippen molar-refractivity contribution in [3.05, 3.63) is 59.4 Å². The van der Waals surface area contributed by atoms with Gasteiger partial charge in [-0.2, -0.15) is 0 Å². The van der Waals surface area contributed by atoms with E-state index in [-0.39, 0.29) is 29.9 Å². The Morgan fingerprint density at radius 2 is 2.00 bits per heavy atom. The first-order valence-electron chi connectivity index (χ1n) is 7.50. The number of nitrogens with one attached hydrogen (secondary N) is 1. The van der Waals surface area contributed by atoms with Gasteiger partial charge in [0.2, 0.25) is 0 Å². The van der Waals surface area contributed by atoms with Crippen LogP contribution in [0.15, 0.2) is 45.4 Å². The van der Waals surface area contributed by atoms with Crippen molar-refractivity contribution in [2.75, 3.05) is 0 Å². The minimum atomic E-state index is -0.384. The zero-order chi connectivity index (χ0) is 17.1. The van der Waals surface area contributed by atoms with Gasteiger partial charge in [0.15, 0.2) is 11.5 Å². The minimum Gasteiger partial charge on any atom is -0.360 e. The minimum absolute atomic E-state index is 0.115. The van der Waals surface area contributed by atoms with Gasteiger partial charge < -0.3 is 14.4 Å². The number of aromatic nitrogens is 2. The molecule has 1 aromatic carbocycles. The van der Waals surface area contributed by atoms with Crippen LogP contribution in [0, 0.1) is 5.82 Å². The maximum atomic E-state index is 13.7. The summed E-state index contributed by atoms with van der Waals surface area (Å²) in [6.07, 6.45) is 0. The highest BCUT2D eigenvalue weighted by Crippen LogP contribution is 2.22. The summed E-state index contributed by atoms with van der Waals surface area (Å²) >= 11 is 0. The second kappa shape index (κ2) is 6.66. The van der Waals surface area contributed by atoms with Crippen LogP contribution >= 0.6 is 0 Å². The van der Waals surface area contributed by atoms with Gasteiger partial charge in [0, 0.05) is 23.6 Å². The molecule has 0 saturated heterocycles. The van der Waals surface area contributed by atoms with Crippen LogP contribution in [0.4, 0.5) is 4.39 Å². The number of halogens is 1. The van der Waals surface area contributed by atoms with Crippen molar-refractivity contribution in [1.82, 2.24) is 15.6 Å². The maximum absolute atomic E-state index is 13.7. The van der Waals surface area contributed by atoms with Gasteiger partial charge in [0.05, 0.1) is 6.54 Å². The summed E-state index contributed by atoms with van der Waals surface area (Å²) in [4.78, 5) is 12.0. The smallest absolute Gasteiger partial charge is 0.273 e. The number of amides is 1. The number of carbonyl (C=O) groups excluding carboxylic acids is 1. The van der Waals surface area contributed by atoms with Gasteiger partial charge in [-0.1, -0.05) is 36.3 Å². The number of nitrogens with zero attached hydrogens (tertiary/aromatic N) is 2. The molecule has 0 radical (unpaired) electrons. The maximum Gasteiger partial charge on any atom is 0.273 e. The lowest BCUT2D eigenvalue weighted by atomic mass is 10.1. The van der Waals surface area contributed by atoms with Crippen LogP contribution in [0.3, 0.4) is 0 Å². The van der Waals surface area contributed by atoms with Crippen molar-refractivity contribution in [1.29, 1.82) is 0 Å². The first kappa shape index (κ1) is 15.9. The van der Waals surface area contributed by atoms with Gasteiger partial charge in [0.25, 0.3) is 5.91 Å². The molecule has 124 valence electrons. The number of hydrogen-bond donors (Lipinski definition) is 1. The number of rotatable bonds is 5. The van der Waals surface area contributed by atoms with E-state index >= 15 is 0 Å². The quantitative estimate of drug-likeness (QED) is 0.774. The molecule has 24 heavy (non-hydrogen) atoms. The van der Waals surface area contributed by atoms with E-state index in [9.17, 15) is 9.18 Å². The molecule has 3 aromatic rings. The Bertz CT molecular complexity index is 854. The summed E-state index contributed by atoms with van der Waals surface area (Å²) in [5.41, 5.74) is 0.922. The van der Waals surface area contributed by atoms with E-state index < -0.39 is 0 Å². The molecule has 1 amide bonds. The van der Waals surface area contributed by atoms with Crippen LogP contribution in [-0.2, 0) is 6.54 Å². The molecular weight excluding hydrogens is 313 g/mol. The Morgan fingerprint density at radius 1 is 1.21 bits per heavy atom. The average Bonchev–Trinajstić information content (AvgIpc) is 3.22. The van der Waals surface area contributed by atoms with Crippen molar-refractivity contribution in [3.8, 4) is 11.3 Å². The largest absolute Gasteiger partial charge is 0.360 e. The molecule has 0 atom stereocenters. The lowest BCUT2D eigenvalue weighted by Gasteiger charge is -1.98. The van der Waals surface area contributed by atoms with E-state index in [1.54, 1.807) is 30.3 Å². The Balaban J connectivity index is 1.65. The van der Waals surface area contributed by atoms with Gasteiger partial charge >= 0.3 is 0 Å². The van der Waals surface area contributed by atoms with Crippen LogP contribution in [0.2, 0.25) is 0 Å². The molecule has 0 fully saturated rings. The average molecular weight is 329 g/mol. The third-order valence-corrected chi connectivity index (χ3v) is 3.46. The van der Waals surface area contributed by atoms with Crippen LogP contribution in [0.5, 0.6) is 0 Å². The van der Waals surface area contributed by atoms with Gasteiger partial charge in [-0.25, -0.2) is 4.39 Å². The molecule has 3 rings (SSSR count). The monoisotopic (exact) mass is 329 g/mol. The van der Waals surface area contributed by atoms with Crippen LogP contribution < -0.4 is 5.32 Å². The molecule has 0 unspecified atom stereocenters. The van der Waals surface area contributed by atoms with Crippen molar-refractivity contribution in [2.45, 2.75) is 26.3 Å². The van der Waals surface area contributed by atoms with Crippen molar-refractivity contribution in [2.24, 2.45) is 0 Å². The zero-order valence-corrected chi connectivity index (χ0v) is 13.2. The highest BCUT2D eigenvalue weighted by atomic mass is 19.1. The lowest BCUT2D eigenvalue weighted by Crippen LogP contribution is -2.22. The fourth-order valence-electron chi connectivity index (χ4n) is 2.12. The Labute approximate surface area is 137 Å². The molecule has 0 aliphatic rings. The first-order valence-corrected chi connectivity index (χ1v) is 7.50. The van der Waals surface area contributed by atoms with Crippen molar-refractivity contribution in [3.63, 3.8) is 0 Å². The summed E-state index contributed by atoms with van der Waals surface area (Å²) in [5, 5.41) is 10.2. The SMILES string of the molecule is CC(C)c1cc(C(=O)NCc2cc(-c3ccccc3F)no2)no1. The standard InChI is InChI=1S/C17H16FN3O3/c1-10(2)16-8-15(21-24-16)17(22)19-9-11-7-14(20-23-11)12-5-3-4-6-13(12)18/h3-8,10H,9H2,1-2H3,(H,19,22). The highest BCUT2D eigenvalue weighted by molar-refractivity contribution is 5.92. The van der Waals surface area contributed by atoms with E-state index in [1.807, 2.05) is 13.8 Å². The second-order valence-electron chi connectivity index (χ2n) is 5.61. The molecule has 2 aromatic heterocycles. The summed E-state index contributed by atoms with van der Waals surface area (Å²) < 4.78 is 23.9. The summed E-state index contributed by atoms with van der Waals surface area (Å²) in [5.74, 6) is 0.437. The van der Waals surface area contributed by atoms with Gasteiger partial charge in [-0.15, -0.1) is 0 Å². The van der Waals surface area contributed by atoms with E-state index in [1.165, 1.54) is 6.07 Å². The molecule has 7 heteroatoms. The van der Waals surface area contributed by atoms with E-state index in [0.29, 0.717) is 22.8 Å². The third-order valence-electron chi connectivity index (χ3n) is 3.46. The summed E-state index contributed by atoms with van der Waals surface area (Å²) in [6, 6.07) is 9.46. The van der Waals surface area contributed by atoms with Gasteiger partial charge in [-0.05, 0) is 12.1 Å². The second-order valence-corrected chi connectivity index (χ2v) is 5.61. The predicted octanol–water partition coefficient (Wildman–Crippen LogP) is 3.52. The van der Waals surface area contributed by atoms with E-state index in [2.05, 4.69) is 15.6 Å². The van der Waals surface area contributed by atoms with E-state index in [0.717, 1.165) is 0 Å². The van der Waals surface area contributed by atoms with Gasteiger partial charge in [-0.3, -0.25) is 4.79 Å². The van der Waals surface area contributed by atoms with Crippen molar-refractivity contribution < 1.29 is 18.2 Å². The highest BCUT2D eigenvalue weighted by Gasteiger charge is 2.15. The van der Waals surface area contributed by atoms with Crippen LogP contribution in [-0.4, -0.2) is 16.2 Å². The Kier molecular flexibility index (Phi) is 4.41. The molecule has 0 aliphatic carbocycles. The Morgan fingerprint density at radius 3 is 2.71 bits per heavy atom. The number of benzene rings is 1. The molecule has 0 spiro atoms. The normalized spacial score (nSPS) is 11.0. The molecule has 0 aliphatic heterocycles.